The van der Waals surface area contributed by atoms with Crippen molar-refractivity contribution in [1.82, 2.24) is 20.9 Å². The van der Waals surface area contributed by atoms with Crippen molar-refractivity contribution in [2.24, 2.45) is 5.92 Å². The van der Waals surface area contributed by atoms with Gasteiger partial charge in [0.25, 0.3) is 5.91 Å². The lowest BCUT2D eigenvalue weighted by Gasteiger charge is -2.37. The smallest absolute Gasteiger partial charge is 0.317 e. The van der Waals surface area contributed by atoms with Crippen LogP contribution in [0.3, 0.4) is 0 Å². The molecule has 1 heterocycles. The third kappa shape index (κ3) is 7.22. The molecule has 0 radical (unpaired) electrons. The number of piperidine rings is 1. The fourth-order valence-corrected chi connectivity index (χ4v) is 3.53. The average Bonchev–Trinajstić information content (AvgIpc) is 2.70. The number of nitrogens with zero attached hydrogens (tertiary/aromatic N) is 1. The number of hydrogen-bond acceptors (Lipinski definition) is 3. The van der Waals surface area contributed by atoms with Crippen LogP contribution in [0.2, 0.25) is 0 Å². The quantitative estimate of drug-likeness (QED) is 0.643. The number of nitrogens with one attached hydrogen (secondary N) is 3. The summed E-state index contributed by atoms with van der Waals surface area (Å²) in [6.45, 7) is 10.6. The summed E-state index contributed by atoms with van der Waals surface area (Å²) < 4.78 is 14.1. The van der Waals surface area contributed by atoms with E-state index in [1.807, 2.05) is 34.6 Å². The molecule has 0 bridgehead atoms. The van der Waals surface area contributed by atoms with E-state index in [4.69, 9.17) is 0 Å². The molecule has 0 aliphatic carbocycles. The van der Waals surface area contributed by atoms with Gasteiger partial charge in [-0.05, 0) is 65.0 Å². The monoisotopic (exact) mass is 434 g/mol. The van der Waals surface area contributed by atoms with Gasteiger partial charge in [0.1, 0.15) is 11.9 Å². The third-order valence-corrected chi connectivity index (χ3v) is 5.47. The summed E-state index contributed by atoms with van der Waals surface area (Å²) in [5.74, 6) is -1.68. The summed E-state index contributed by atoms with van der Waals surface area (Å²) in [6, 6.07) is 4.73. The summed E-state index contributed by atoms with van der Waals surface area (Å²) in [5, 5.41) is 8.61. The molecule has 2 atom stereocenters. The summed E-state index contributed by atoms with van der Waals surface area (Å²) >= 11 is 0. The van der Waals surface area contributed by atoms with Crippen LogP contribution < -0.4 is 16.0 Å². The molecule has 8 heteroatoms. The Morgan fingerprint density at radius 2 is 1.74 bits per heavy atom. The topological polar surface area (TPSA) is 90.5 Å². The van der Waals surface area contributed by atoms with Crippen LogP contribution in [0.5, 0.6) is 0 Å². The predicted molar refractivity (Wildman–Crippen MR) is 118 cm³/mol. The van der Waals surface area contributed by atoms with Gasteiger partial charge in [0.05, 0.1) is 5.56 Å². The summed E-state index contributed by atoms with van der Waals surface area (Å²) in [4.78, 5) is 39.8. The lowest BCUT2D eigenvalue weighted by atomic mass is 9.88. The fraction of sp³-hybridized carbons (Fsp3) is 0.609. The number of hydrogen-bond donors (Lipinski definition) is 3. The maximum Gasteiger partial charge on any atom is 0.317 e. The highest BCUT2D eigenvalue weighted by Crippen LogP contribution is 2.22. The molecule has 1 fully saturated rings. The normalized spacial score (nSPS) is 16.9. The van der Waals surface area contributed by atoms with E-state index in [9.17, 15) is 18.8 Å². The van der Waals surface area contributed by atoms with E-state index in [1.165, 1.54) is 18.2 Å². The third-order valence-electron chi connectivity index (χ3n) is 5.47. The van der Waals surface area contributed by atoms with Crippen LogP contribution in [-0.2, 0) is 4.79 Å². The molecule has 4 amide bonds. The molecular formula is C23H35FN4O3. The van der Waals surface area contributed by atoms with Crippen molar-refractivity contribution in [3.05, 3.63) is 35.6 Å². The largest absolute Gasteiger partial charge is 0.352 e. The minimum absolute atomic E-state index is 0.0435. The molecular weight excluding hydrogens is 399 g/mol. The molecule has 31 heavy (non-hydrogen) atoms. The fourth-order valence-electron chi connectivity index (χ4n) is 3.53. The number of urea groups is 1. The maximum absolute atomic E-state index is 14.1. The Labute approximate surface area is 184 Å². The average molecular weight is 435 g/mol. The van der Waals surface area contributed by atoms with E-state index in [2.05, 4.69) is 16.0 Å². The molecule has 2 unspecified atom stereocenters. The van der Waals surface area contributed by atoms with Gasteiger partial charge in [0, 0.05) is 24.7 Å². The zero-order valence-corrected chi connectivity index (χ0v) is 19.1. The highest BCUT2D eigenvalue weighted by molar-refractivity contribution is 5.97. The van der Waals surface area contributed by atoms with Gasteiger partial charge in [-0.25, -0.2) is 9.18 Å². The minimum atomic E-state index is -0.797. The van der Waals surface area contributed by atoms with Gasteiger partial charge in [-0.3, -0.25) is 9.59 Å². The van der Waals surface area contributed by atoms with Crippen LogP contribution in [0.1, 0.15) is 64.2 Å². The second-order valence-electron chi connectivity index (χ2n) is 9.25. The Morgan fingerprint density at radius 1 is 1.13 bits per heavy atom. The Bertz CT molecular complexity index is 785. The second-order valence-corrected chi connectivity index (χ2v) is 9.25. The Hall–Kier alpha value is -2.64. The van der Waals surface area contributed by atoms with Crippen molar-refractivity contribution >= 4 is 17.8 Å². The van der Waals surface area contributed by atoms with Gasteiger partial charge >= 0.3 is 6.03 Å². The highest BCUT2D eigenvalue weighted by atomic mass is 19.1. The number of amides is 4. The molecule has 172 valence electrons. The Balaban J connectivity index is 2.11. The van der Waals surface area contributed by atoms with Crippen molar-refractivity contribution in [3.63, 3.8) is 0 Å². The zero-order chi connectivity index (χ0) is 23.2. The summed E-state index contributed by atoms with van der Waals surface area (Å²) in [6.07, 6.45) is 1.88. The first kappa shape index (κ1) is 24.6. The van der Waals surface area contributed by atoms with Crippen LogP contribution in [0.15, 0.2) is 24.3 Å². The molecule has 1 aliphatic heterocycles. The lowest BCUT2D eigenvalue weighted by Crippen LogP contribution is -2.56. The van der Waals surface area contributed by atoms with Crippen molar-refractivity contribution < 1.29 is 18.8 Å². The first-order valence-electron chi connectivity index (χ1n) is 10.9. The highest BCUT2D eigenvalue weighted by Gasteiger charge is 2.35. The molecule has 3 N–H and O–H groups in total. The molecule has 1 aromatic rings. The van der Waals surface area contributed by atoms with E-state index >= 15 is 0 Å². The minimum Gasteiger partial charge on any atom is -0.352 e. The Morgan fingerprint density at radius 3 is 2.29 bits per heavy atom. The number of rotatable bonds is 6. The molecule has 1 aromatic carbocycles. The maximum atomic E-state index is 14.1. The van der Waals surface area contributed by atoms with Gasteiger partial charge in [0.15, 0.2) is 0 Å². The van der Waals surface area contributed by atoms with E-state index in [-0.39, 0.29) is 35.0 Å². The van der Waals surface area contributed by atoms with Gasteiger partial charge in [-0.1, -0.05) is 19.1 Å². The van der Waals surface area contributed by atoms with Crippen LogP contribution in [0.25, 0.3) is 0 Å². The van der Waals surface area contributed by atoms with Gasteiger partial charge < -0.3 is 20.9 Å². The zero-order valence-electron chi connectivity index (χ0n) is 19.1. The number of carbonyl (C=O) groups excluding carboxylic acids is 3. The van der Waals surface area contributed by atoms with Crippen LogP contribution in [0.4, 0.5) is 9.18 Å². The number of carbonyl (C=O) groups is 3. The molecule has 1 saturated heterocycles. The molecule has 2 rings (SSSR count). The molecule has 7 nitrogen and oxygen atoms in total. The summed E-state index contributed by atoms with van der Waals surface area (Å²) in [5.41, 5.74) is -0.425. The van der Waals surface area contributed by atoms with Gasteiger partial charge in [0.2, 0.25) is 5.91 Å². The Kier molecular flexibility index (Phi) is 8.42. The predicted octanol–water partition coefficient (Wildman–Crippen LogP) is 3.06. The summed E-state index contributed by atoms with van der Waals surface area (Å²) in [7, 11) is 0. The first-order valence-corrected chi connectivity index (χ1v) is 10.9. The molecule has 0 saturated carbocycles. The standard InChI is InChI=1S/C23H35FN4O3/c1-6-15(2)25-21(30)19(26-20(29)17-9-7-8-10-18(17)24)16-11-13-28(14-12-16)22(31)27-23(3,4)5/h7-10,15-16,19H,6,11-14H2,1-5H3,(H,25,30)(H,26,29)(H,27,31). The number of halogens is 1. The first-order chi connectivity index (χ1) is 14.5. The van der Waals surface area contributed by atoms with E-state index in [0.717, 1.165) is 6.42 Å². The molecule has 0 spiro atoms. The van der Waals surface area contributed by atoms with E-state index in [1.54, 1.807) is 11.0 Å². The van der Waals surface area contributed by atoms with E-state index < -0.39 is 17.8 Å². The SMILES string of the molecule is CCC(C)NC(=O)C(NC(=O)c1ccccc1F)C1CCN(C(=O)NC(C)(C)C)CC1. The van der Waals surface area contributed by atoms with E-state index in [0.29, 0.717) is 25.9 Å². The van der Waals surface area contributed by atoms with Crippen LogP contribution in [-0.4, -0.2) is 53.5 Å². The number of benzene rings is 1. The van der Waals surface area contributed by atoms with Crippen molar-refractivity contribution in [1.29, 1.82) is 0 Å². The second kappa shape index (κ2) is 10.6. The number of likely N-dealkylation sites (tertiary alicyclic amines) is 1. The van der Waals surface area contributed by atoms with Crippen molar-refractivity contribution in [2.75, 3.05) is 13.1 Å². The van der Waals surface area contributed by atoms with Crippen LogP contribution in [0, 0.1) is 11.7 Å². The lowest BCUT2D eigenvalue weighted by molar-refractivity contribution is -0.125. The van der Waals surface area contributed by atoms with Crippen molar-refractivity contribution in [3.8, 4) is 0 Å². The van der Waals surface area contributed by atoms with Gasteiger partial charge in [-0.2, -0.15) is 0 Å². The van der Waals surface area contributed by atoms with Crippen molar-refractivity contribution in [2.45, 2.75) is 71.5 Å². The molecule has 1 aliphatic rings. The van der Waals surface area contributed by atoms with Crippen LogP contribution >= 0.6 is 0 Å². The van der Waals surface area contributed by atoms with Gasteiger partial charge in [-0.15, -0.1) is 0 Å². The molecule has 0 aromatic heterocycles.